The van der Waals surface area contributed by atoms with Crippen LogP contribution in [0.4, 0.5) is 0 Å². The molecule has 0 atom stereocenters. The Balaban J connectivity index is 2.94. The molecular formula is C11H9IO. The first-order valence-electron chi connectivity index (χ1n) is 4.07. The fourth-order valence-electron chi connectivity index (χ4n) is 1.48. The first kappa shape index (κ1) is 8.81. The number of phenolic OH excluding ortho intramolecular Hbond substituents is 1. The minimum atomic E-state index is 0.402. The molecule has 66 valence electrons. The van der Waals surface area contributed by atoms with Crippen molar-refractivity contribution in [2.75, 3.05) is 0 Å². The Morgan fingerprint density at radius 3 is 2.69 bits per heavy atom. The van der Waals surface area contributed by atoms with Crippen molar-refractivity contribution in [3.8, 4) is 5.75 Å². The van der Waals surface area contributed by atoms with Gasteiger partial charge in [-0.25, -0.2) is 0 Å². The summed E-state index contributed by atoms with van der Waals surface area (Å²) in [7, 11) is 0. The highest BCUT2D eigenvalue weighted by Gasteiger charge is 2.05. The molecule has 0 aliphatic carbocycles. The van der Waals surface area contributed by atoms with E-state index in [0.717, 1.165) is 14.5 Å². The van der Waals surface area contributed by atoms with Crippen LogP contribution in [0.2, 0.25) is 0 Å². The largest absolute Gasteiger partial charge is 0.507 e. The summed E-state index contributed by atoms with van der Waals surface area (Å²) in [4.78, 5) is 0. The molecule has 0 saturated heterocycles. The second kappa shape index (κ2) is 3.18. The topological polar surface area (TPSA) is 20.2 Å². The molecule has 2 heteroatoms. The summed E-state index contributed by atoms with van der Waals surface area (Å²) in [5.41, 5.74) is 0.961. The Morgan fingerprint density at radius 1 is 1.23 bits per heavy atom. The van der Waals surface area contributed by atoms with Gasteiger partial charge in [-0.15, -0.1) is 0 Å². The van der Waals surface area contributed by atoms with Gasteiger partial charge in [-0.3, -0.25) is 0 Å². The highest BCUT2D eigenvalue weighted by Crippen LogP contribution is 2.31. The molecule has 0 radical (unpaired) electrons. The molecule has 2 aromatic rings. The minimum absolute atomic E-state index is 0.402. The lowest BCUT2D eigenvalue weighted by molar-refractivity contribution is 0.468. The van der Waals surface area contributed by atoms with Crippen LogP contribution in [-0.2, 0) is 0 Å². The summed E-state index contributed by atoms with van der Waals surface area (Å²) < 4.78 is 0.911. The van der Waals surface area contributed by atoms with Gasteiger partial charge < -0.3 is 5.11 Å². The van der Waals surface area contributed by atoms with Crippen LogP contribution in [0.1, 0.15) is 5.56 Å². The van der Waals surface area contributed by atoms with Crippen molar-refractivity contribution < 1.29 is 5.11 Å². The standard InChI is InChI=1S/C11H9IO/c1-7-9-5-3-2-4-8(9)6-10(12)11(7)13/h2-6,13H,1H3. The van der Waals surface area contributed by atoms with Crippen molar-refractivity contribution in [1.29, 1.82) is 0 Å². The molecule has 1 N–H and O–H groups in total. The van der Waals surface area contributed by atoms with Gasteiger partial charge in [0.1, 0.15) is 5.75 Å². The van der Waals surface area contributed by atoms with Crippen molar-refractivity contribution in [2.45, 2.75) is 6.92 Å². The molecule has 2 rings (SSSR count). The van der Waals surface area contributed by atoms with E-state index in [-0.39, 0.29) is 0 Å². The third kappa shape index (κ3) is 1.39. The maximum Gasteiger partial charge on any atom is 0.132 e. The van der Waals surface area contributed by atoms with Crippen molar-refractivity contribution in [3.05, 3.63) is 39.5 Å². The third-order valence-corrected chi connectivity index (χ3v) is 3.05. The summed E-state index contributed by atoms with van der Waals surface area (Å²) in [6.45, 7) is 1.94. The zero-order chi connectivity index (χ0) is 9.42. The van der Waals surface area contributed by atoms with E-state index in [0.29, 0.717) is 5.75 Å². The first-order chi connectivity index (χ1) is 6.20. The van der Waals surface area contributed by atoms with Gasteiger partial charge in [-0.2, -0.15) is 0 Å². The first-order valence-corrected chi connectivity index (χ1v) is 5.15. The van der Waals surface area contributed by atoms with E-state index in [1.165, 1.54) is 5.39 Å². The summed E-state index contributed by atoms with van der Waals surface area (Å²) in [6.07, 6.45) is 0. The molecule has 0 spiro atoms. The normalized spacial score (nSPS) is 10.6. The Bertz CT molecular complexity index is 463. The van der Waals surface area contributed by atoms with E-state index in [1.54, 1.807) is 0 Å². The number of hydrogen-bond donors (Lipinski definition) is 1. The molecule has 0 heterocycles. The molecule has 0 fully saturated rings. The SMILES string of the molecule is Cc1c(O)c(I)cc2ccccc12. The number of phenols is 1. The number of rotatable bonds is 0. The monoisotopic (exact) mass is 284 g/mol. The summed E-state index contributed by atoms with van der Waals surface area (Å²) in [6, 6.07) is 10.1. The maximum atomic E-state index is 9.70. The lowest BCUT2D eigenvalue weighted by Gasteiger charge is -2.06. The Labute approximate surface area is 90.5 Å². The highest BCUT2D eigenvalue weighted by atomic mass is 127. The fourth-order valence-corrected chi connectivity index (χ4v) is 2.22. The number of aryl methyl sites for hydroxylation is 1. The van der Waals surface area contributed by atoms with Crippen molar-refractivity contribution in [3.63, 3.8) is 0 Å². The Morgan fingerprint density at radius 2 is 1.92 bits per heavy atom. The average molecular weight is 284 g/mol. The summed E-state index contributed by atoms with van der Waals surface area (Å²) >= 11 is 2.15. The predicted molar refractivity (Wildman–Crippen MR) is 63.1 cm³/mol. The van der Waals surface area contributed by atoms with Gasteiger partial charge in [0, 0.05) is 0 Å². The van der Waals surface area contributed by atoms with Gasteiger partial charge in [-0.1, -0.05) is 24.3 Å². The molecule has 0 aliphatic heterocycles. The second-order valence-electron chi connectivity index (χ2n) is 3.05. The van der Waals surface area contributed by atoms with Crippen LogP contribution < -0.4 is 0 Å². The molecule has 1 nitrogen and oxygen atoms in total. The number of aromatic hydroxyl groups is 1. The molecule has 0 amide bonds. The van der Waals surface area contributed by atoms with Crippen molar-refractivity contribution in [1.82, 2.24) is 0 Å². The van der Waals surface area contributed by atoms with Crippen LogP contribution in [0.25, 0.3) is 10.8 Å². The number of halogens is 1. The lowest BCUT2D eigenvalue weighted by atomic mass is 10.1. The quantitative estimate of drug-likeness (QED) is 0.734. The molecule has 0 saturated carbocycles. The predicted octanol–water partition coefficient (Wildman–Crippen LogP) is 3.46. The molecule has 0 aromatic heterocycles. The van der Waals surface area contributed by atoms with Gasteiger partial charge in [0.2, 0.25) is 0 Å². The van der Waals surface area contributed by atoms with E-state index in [2.05, 4.69) is 28.7 Å². The highest BCUT2D eigenvalue weighted by molar-refractivity contribution is 14.1. The summed E-state index contributed by atoms with van der Waals surface area (Å²) in [5.74, 6) is 0.402. The summed E-state index contributed by atoms with van der Waals surface area (Å²) in [5, 5.41) is 12.0. The van der Waals surface area contributed by atoms with E-state index in [4.69, 9.17) is 0 Å². The van der Waals surface area contributed by atoms with E-state index in [9.17, 15) is 5.11 Å². The van der Waals surface area contributed by atoms with Crippen LogP contribution in [-0.4, -0.2) is 5.11 Å². The van der Waals surface area contributed by atoms with E-state index in [1.807, 2.05) is 31.2 Å². The van der Waals surface area contributed by atoms with Crippen molar-refractivity contribution in [2.24, 2.45) is 0 Å². The molecule has 0 bridgehead atoms. The van der Waals surface area contributed by atoms with Crippen molar-refractivity contribution >= 4 is 33.4 Å². The van der Waals surface area contributed by atoms with Gasteiger partial charge >= 0.3 is 0 Å². The van der Waals surface area contributed by atoms with Crippen LogP contribution in [0.5, 0.6) is 5.75 Å². The van der Waals surface area contributed by atoms with Crippen LogP contribution >= 0.6 is 22.6 Å². The van der Waals surface area contributed by atoms with Gasteiger partial charge in [0.15, 0.2) is 0 Å². The number of benzene rings is 2. The zero-order valence-corrected chi connectivity index (χ0v) is 9.37. The van der Waals surface area contributed by atoms with Gasteiger partial charge in [0.25, 0.3) is 0 Å². The minimum Gasteiger partial charge on any atom is -0.507 e. The molecular weight excluding hydrogens is 275 g/mol. The molecule has 2 aromatic carbocycles. The third-order valence-electron chi connectivity index (χ3n) is 2.23. The Hall–Kier alpha value is -0.770. The lowest BCUT2D eigenvalue weighted by Crippen LogP contribution is -1.83. The number of fused-ring (bicyclic) bond motifs is 1. The molecule has 0 aliphatic rings. The van der Waals surface area contributed by atoms with Crippen LogP contribution in [0.15, 0.2) is 30.3 Å². The second-order valence-corrected chi connectivity index (χ2v) is 4.22. The fraction of sp³-hybridized carbons (Fsp3) is 0.0909. The number of hydrogen-bond acceptors (Lipinski definition) is 1. The van der Waals surface area contributed by atoms with Gasteiger partial charge in [-0.05, 0) is 51.9 Å². The average Bonchev–Trinajstić information content (AvgIpc) is 2.15. The van der Waals surface area contributed by atoms with E-state index < -0.39 is 0 Å². The van der Waals surface area contributed by atoms with Gasteiger partial charge in [0.05, 0.1) is 3.57 Å². The molecule has 13 heavy (non-hydrogen) atoms. The smallest absolute Gasteiger partial charge is 0.132 e. The maximum absolute atomic E-state index is 9.70. The zero-order valence-electron chi connectivity index (χ0n) is 7.21. The van der Waals surface area contributed by atoms with E-state index >= 15 is 0 Å². The van der Waals surface area contributed by atoms with Crippen LogP contribution in [0.3, 0.4) is 0 Å². The van der Waals surface area contributed by atoms with Crippen LogP contribution in [0, 0.1) is 10.5 Å². The molecule has 0 unspecified atom stereocenters. The Kier molecular flexibility index (Phi) is 2.15.